The van der Waals surface area contributed by atoms with E-state index in [0.29, 0.717) is 0 Å². The van der Waals surface area contributed by atoms with E-state index in [4.69, 9.17) is 4.74 Å². The van der Waals surface area contributed by atoms with Crippen molar-refractivity contribution in [2.75, 3.05) is 32.8 Å². The van der Waals surface area contributed by atoms with E-state index in [2.05, 4.69) is 11.8 Å². The molecule has 0 bridgehead atoms. The first kappa shape index (κ1) is 8.52. The standard InChI is InChI=1S/C10H19NO/c1-2-10(3-4-10)9-11-5-7-12-8-6-11/h2-9H2,1H3. The summed E-state index contributed by atoms with van der Waals surface area (Å²) in [6.45, 7) is 7.85. The second-order valence-corrected chi connectivity index (χ2v) is 4.24. The molecule has 0 amide bonds. The number of morpholine rings is 1. The number of rotatable bonds is 3. The van der Waals surface area contributed by atoms with Crippen LogP contribution in [0.1, 0.15) is 26.2 Å². The molecule has 2 aliphatic rings. The lowest BCUT2D eigenvalue weighted by atomic mass is 10.0. The molecule has 1 aliphatic carbocycles. The van der Waals surface area contributed by atoms with Gasteiger partial charge in [0.15, 0.2) is 0 Å². The van der Waals surface area contributed by atoms with E-state index in [0.717, 1.165) is 31.7 Å². The summed E-state index contributed by atoms with van der Waals surface area (Å²) in [5, 5.41) is 0. The molecule has 0 unspecified atom stereocenters. The van der Waals surface area contributed by atoms with Gasteiger partial charge in [0.25, 0.3) is 0 Å². The summed E-state index contributed by atoms with van der Waals surface area (Å²) < 4.78 is 5.33. The molecule has 0 aromatic rings. The maximum atomic E-state index is 5.33. The van der Waals surface area contributed by atoms with Crippen molar-refractivity contribution in [3.8, 4) is 0 Å². The molecular formula is C10H19NO. The lowest BCUT2D eigenvalue weighted by molar-refractivity contribution is 0.0280. The van der Waals surface area contributed by atoms with Crippen LogP contribution in [0, 0.1) is 5.41 Å². The summed E-state index contributed by atoms with van der Waals surface area (Å²) in [5.41, 5.74) is 0.720. The highest BCUT2D eigenvalue weighted by Gasteiger charge is 2.41. The van der Waals surface area contributed by atoms with E-state index < -0.39 is 0 Å². The molecule has 0 aromatic carbocycles. The molecule has 0 radical (unpaired) electrons. The number of hydrogen-bond acceptors (Lipinski definition) is 2. The smallest absolute Gasteiger partial charge is 0.0594 e. The van der Waals surface area contributed by atoms with Gasteiger partial charge in [-0.3, -0.25) is 4.90 Å². The summed E-state index contributed by atoms with van der Waals surface area (Å²) in [7, 11) is 0. The Morgan fingerprint density at radius 1 is 1.25 bits per heavy atom. The van der Waals surface area contributed by atoms with Crippen LogP contribution in [0.15, 0.2) is 0 Å². The third-order valence-corrected chi connectivity index (χ3v) is 3.37. The molecule has 70 valence electrons. The number of hydrogen-bond donors (Lipinski definition) is 0. The Morgan fingerprint density at radius 3 is 2.42 bits per heavy atom. The van der Waals surface area contributed by atoms with Crippen molar-refractivity contribution >= 4 is 0 Å². The molecule has 2 nitrogen and oxygen atoms in total. The van der Waals surface area contributed by atoms with Gasteiger partial charge in [-0.1, -0.05) is 6.92 Å². The zero-order valence-electron chi connectivity index (χ0n) is 8.01. The maximum Gasteiger partial charge on any atom is 0.0594 e. The van der Waals surface area contributed by atoms with E-state index in [9.17, 15) is 0 Å². The zero-order chi connectivity index (χ0) is 8.44. The van der Waals surface area contributed by atoms with Crippen molar-refractivity contribution < 1.29 is 4.74 Å². The van der Waals surface area contributed by atoms with Crippen LogP contribution in [0.4, 0.5) is 0 Å². The average molecular weight is 169 g/mol. The Hall–Kier alpha value is -0.0800. The Morgan fingerprint density at radius 2 is 1.92 bits per heavy atom. The maximum absolute atomic E-state index is 5.33. The highest BCUT2D eigenvalue weighted by Crippen LogP contribution is 2.49. The van der Waals surface area contributed by atoms with Crippen molar-refractivity contribution in [3.63, 3.8) is 0 Å². The van der Waals surface area contributed by atoms with Crippen molar-refractivity contribution in [2.24, 2.45) is 5.41 Å². The SMILES string of the molecule is CCC1(CN2CCOCC2)CC1. The lowest BCUT2D eigenvalue weighted by Gasteiger charge is -2.30. The molecule has 2 fully saturated rings. The van der Waals surface area contributed by atoms with Gasteiger partial charge in [0.05, 0.1) is 13.2 Å². The first-order chi connectivity index (χ1) is 5.85. The molecule has 2 heteroatoms. The monoisotopic (exact) mass is 169 g/mol. The molecule has 1 aliphatic heterocycles. The second kappa shape index (κ2) is 3.35. The predicted octanol–water partition coefficient (Wildman–Crippen LogP) is 1.51. The first-order valence-electron chi connectivity index (χ1n) is 5.15. The summed E-state index contributed by atoms with van der Waals surface area (Å²) in [4.78, 5) is 2.57. The minimum atomic E-state index is 0.720. The van der Waals surface area contributed by atoms with E-state index in [-0.39, 0.29) is 0 Å². The normalized spacial score (nSPS) is 28.8. The largest absolute Gasteiger partial charge is 0.379 e. The fourth-order valence-corrected chi connectivity index (χ4v) is 2.03. The molecule has 0 atom stereocenters. The summed E-state index contributed by atoms with van der Waals surface area (Å²) in [6.07, 6.45) is 4.28. The molecule has 0 spiro atoms. The molecule has 2 rings (SSSR count). The minimum Gasteiger partial charge on any atom is -0.379 e. The highest BCUT2D eigenvalue weighted by atomic mass is 16.5. The van der Waals surface area contributed by atoms with Gasteiger partial charge in [-0.25, -0.2) is 0 Å². The van der Waals surface area contributed by atoms with Crippen LogP contribution in [0.2, 0.25) is 0 Å². The molecule has 0 aromatic heterocycles. The van der Waals surface area contributed by atoms with E-state index in [1.54, 1.807) is 0 Å². The van der Waals surface area contributed by atoms with Gasteiger partial charge in [-0.2, -0.15) is 0 Å². The summed E-state index contributed by atoms with van der Waals surface area (Å²) >= 11 is 0. The van der Waals surface area contributed by atoms with Gasteiger partial charge in [0.2, 0.25) is 0 Å². The third kappa shape index (κ3) is 1.80. The van der Waals surface area contributed by atoms with Crippen molar-refractivity contribution in [3.05, 3.63) is 0 Å². The Labute approximate surface area is 74.9 Å². The van der Waals surface area contributed by atoms with Gasteiger partial charge in [0.1, 0.15) is 0 Å². The topological polar surface area (TPSA) is 12.5 Å². The number of ether oxygens (including phenoxy) is 1. The first-order valence-corrected chi connectivity index (χ1v) is 5.15. The number of nitrogens with zero attached hydrogens (tertiary/aromatic N) is 1. The zero-order valence-corrected chi connectivity index (χ0v) is 8.01. The molecule has 1 saturated heterocycles. The van der Waals surface area contributed by atoms with Crippen molar-refractivity contribution in [1.82, 2.24) is 4.90 Å². The third-order valence-electron chi connectivity index (χ3n) is 3.37. The van der Waals surface area contributed by atoms with Crippen LogP contribution in [0.3, 0.4) is 0 Å². The van der Waals surface area contributed by atoms with Gasteiger partial charge in [0, 0.05) is 19.6 Å². The quantitative estimate of drug-likeness (QED) is 0.635. The van der Waals surface area contributed by atoms with E-state index >= 15 is 0 Å². The van der Waals surface area contributed by atoms with Crippen LogP contribution in [0.5, 0.6) is 0 Å². The average Bonchev–Trinajstić information content (AvgIpc) is 2.88. The van der Waals surface area contributed by atoms with Crippen LogP contribution in [-0.2, 0) is 4.74 Å². The lowest BCUT2D eigenvalue weighted by Crippen LogP contribution is -2.39. The van der Waals surface area contributed by atoms with E-state index in [1.165, 1.54) is 25.8 Å². The van der Waals surface area contributed by atoms with Gasteiger partial charge in [-0.15, -0.1) is 0 Å². The Balaban J connectivity index is 1.77. The van der Waals surface area contributed by atoms with Gasteiger partial charge in [-0.05, 0) is 24.7 Å². The second-order valence-electron chi connectivity index (χ2n) is 4.24. The fourth-order valence-electron chi connectivity index (χ4n) is 2.03. The molecule has 0 N–H and O–H groups in total. The van der Waals surface area contributed by atoms with Crippen LogP contribution >= 0.6 is 0 Å². The minimum absolute atomic E-state index is 0.720. The summed E-state index contributed by atoms with van der Waals surface area (Å²) in [6, 6.07) is 0. The molecule has 1 saturated carbocycles. The van der Waals surface area contributed by atoms with Gasteiger partial charge < -0.3 is 4.74 Å². The predicted molar refractivity (Wildman–Crippen MR) is 49.2 cm³/mol. The van der Waals surface area contributed by atoms with Crippen molar-refractivity contribution in [1.29, 1.82) is 0 Å². The molecular weight excluding hydrogens is 150 g/mol. The van der Waals surface area contributed by atoms with Crippen LogP contribution in [0.25, 0.3) is 0 Å². The molecule has 12 heavy (non-hydrogen) atoms. The Bertz CT molecular complexity index is 148. The van der Waals surface area contributed by atoms with Crippen LogP contribution in [-0.4, -0.2) is 37.7 Å². The van der Waals surface area contributed by atoms with E-state index in [1.807, 2.05) is 0 Å². The Kier molecular flexibility index (Phi) is 2.37. The fraction of sp³-hybridized carbons (Fsp3) is 1.00. The highest BCUT2D eigenvalue weighted by molar-refractivity contribution is 4.94. The van der Waals surface area contributed by atoms with Crippen LogP contribution < -0.4 is 0 Å². The van der Waals surface area contributed by atoms with Crippen molar-refractivity contribution in [2.45, 2.75) is 26.2 Å². The summed E-state index contributed by atoms with van der Waals surface area (Å²) in [5.74, 6) is 0. The van der Waals surface area contributed by atoms with Gasteiger partial charge >= 0.3 is 0 Å². The molecule has 1 heterocycles.